The largest absolute Gasteiger partial charge is 0.368 e. The van der Waals surface area contributed by atoms with E-state index in [0.717, 1.165) is 4.31 Å². The Morgan fingerprint density at radius 2 is 1.93 bits per heavy atom. The molecule has 1 fully saturated rings. The SMILES string of the molecule is NC(=O)C1CN1S(=O)(=O)c1ccccc1. The highest BCUT2D eigenvalue weighted by molar-refractivity contribution is 7.89. The van der Waals surface area contributed by atoms with E-state index in [2.05, 4.69) is 0 Å². The second-order valence-electron chi connectivity index (χ2n) is 3.31. The van der Waals surface area contributed by atoms with Crippen molar-refractivity contribution in [2.24, 2.45) is 5.73 Å². The quantitative estimate of drug-likeness (QED) is 0.708. The number of carbonyl (C=O) groups excluding carboxylic acids is 1. The summed E-state index contributed by atoms with van der Waals surface area (Å²) in [6.45, 7) is 0.187. The summed E-state index contributed by atoms with van der Waals surface area (Å²) < 4.78 is 24.7. The maximum atomic E-state index is 11.8. The first-order valence-corrected chi connectivity index (χ1v) is 5.83. The molecule has 0 spiro atoms. The highest BCUT2D eigenvalue weighted by Crippen LogP contribution is 2.27. The Morgan fingerprint density at radius 1 is 1.33 bits per heavy atom. The number of nitrogens with two attached hydrogens (primary N) is 1. The van der Waals surface area contributed by atoms with Crippen LogP contribution in [-0.2, 0) is 14.8 Å². The van der Waals surface area contributed by atoms with Gasteiger partial charge in [0.1, 0.15) is 6.04 Å². The van der Waals surface area contributed by atoms with Crippen LogP contribution >= 0.6 is 0 Å². The van der Waals surface area contributed by atoms with Crippen LogP contribution in [0.25, 0.3) is 0 Å². The average Bonchev–Trinajstić information content (AvgIpc) is 2.99. The van der Waals surface area contributed by atoms with E-state index >= 15 is 0 Å². The van der Waals surface area contributed by atoms with Gasteiger partial charge in [0, 0.05) is 6.54 Å². The molecule has 0 bridgehead atoms. The fourth-order valence-electron chi connectivity index (χ4n) is 1.35. The molecule has 6 heteroatoms. The Labute approximate surface area is 87.5 Å². The number of hydrogen-bond donors (Lipinski definition) is 1. The second kappa shape index (κ2) is 3.32. The molecule has 15 heavy (non-hydrogen) atoms. The van der Waals surface area contributed by atoms with E-state index < -0.39 is 22.0 Å². The van der Waals surface area contributed by atoms with E-state index in [1.165, 1.54) is 12.1 Å². The summed E-state index contributed by atoms with van der Waals surface area (Å²) >= 11 is 0. The highest BCUT2D eigenvalue weighted by Gasteiger charge is 2.48. The Morgan fingerprint density at radius 3 is 2.40 bits per heavy atom. The molecular formula is C9H10N2O3S. The van der Waals surface area contributed by atoms with Crippen LogP contribution < -0.4 is 5.73 Å². The molecule has 80 valence electrons. The molecule has 1 heterocycles. The molecule has 1 aliphatic heterocycles. The molecule has 1 aromatic rings. The van der Waals surface area contributed by atoms with Gasteiger partial charge in [-0.15, -0.1) is 0 Å². The first kappa shape index (κ1) is 10.1. The van der Waals surface area contributed by atoms with Crippen molar-refractivity contribution in [2.45, 2.75) is 10.9 Å². The molecule has 1 aromatic carbocycles. The van der Waals surface area contributed by atoms with Gasteiger partial charge in [0.15, 0.2) is 0 Å². The van der Waals surface area contributed by atoms with Gasteiger partial charge in [-0.25, -0.2) is 8.42 Å². The van der Waals surface area contributed by atoms with E-state index in [1.54, 1.807) is 18.2 Å². The van der Waals surface area contributed by atoms with E-state index in [0.29, 0.717) is 0 Å². The van der Waals surface area contributed by atoms with Crippen LogP contribution in [0.4, 0.5) is 0 Å². The maximum absolute atomic E-state index is 11.8. The van der Waals surface area contributed by atoms with Crippen molar-refractivity contribution in [3.63, 3.8) is 0 Å². The van der Waals surface area contributed by atoms with Crippen LogP contribution in [-0.4, -0.2) is 31.2 Å². The van der Waals surface area contributed by atoms with Crippen LogP contribution in [0, 0.1) is 0 Å². The van der Waals surface area contributed by atoms with Crippen molar-refractivity contribution in [1.82, 2.24) is 4.31 Å². The first-order valence-electron chi connectivity index (χ1n) is 4.39. The van der Waals surface area contributed by atoms with Crippen molar-refractivity contribution in [3.8, 4) is 0 Å². The smallest absolute Gasteiger partial charge is 0.243 e. The molecular weight excluding hydrogens is 216 g/mol. The normalized spacial score (nSPS) is 24.8. The molecule has 1 amide bonds. The monoisotopic (exact) mass is 226 g/mol. The van der Waals surface area contributed by atoms with Crippen LogP contribution in [0.15, 0.2) is 35.2 Å². The van der Waals surface area contributed by atoms with Gasteiger partial charge >= 0.3 is 0 Å². The number of benzene rings is 1. The van der Waals surface area contributed by atoms with Crippen molar-refractivity contribution in [3.05, 3.63) is 30.3 Å². The number of nitrogens with zero attached hydrogens (tertiary/aromatic N) is 1. The molecule has 0 aliphatic carbocycles. The number of carbonyl (C=O) groups is 1. The summed E-state index contributed by atoms with van der Waals surface area (Å²) in [4.78, 5) is 11.0. The average molecular weight is 226 g/mol. The Kier molecular flexibility index (Phi) is 2.24. The van der Waals surface area contributed by atoms with Crippen LogP contribution in [0.2, 0.25) is 0 Å². The zero-order chi connectivity index (χ0) is 11.1. The fourth-order valence-corrected chi connectivity index (χ4v) is 2.90. The number of hydrogen-bond acceptors (Lipinski definition) is 3. The first-order chi connectivity index (χ1) is 7.03. The Hall–Kier alpha value is -1.40. The standard InChI is InChI=1S/C9H10N2O3S/c10-9(12)8-6-11(8)15(13,14)7-4-2-1-3-5-7/h1-5,8H,6H2,(H2,10,12). The minimum Gasteiger partial charge on any atom is -0.368 e. The second-order valence-corrected chi connectivity index (χ2v) is 5.20. The highest BCUT2D eigenvalue weighted by atomic mass is 32.2. The third-order valence-electron chi connectivity index (χ3n) is 2.25. The minimum absolute atomic E-state index is 0.187. The number of primary amides is 1. The summed E-state index contributed by atoms with van der Waals surface area (Å²) in [6, 6.07) is 7.31. The van der Waals surface area contributed by atoms with Crippen molar-refractivity contribution in [2.75, 3.05) is 6.54 Å². The molecule has 1 saturated heterocycles. The van der Waals surface area contributed by atoms with E-state index in [9.17, 15) is 13.2 Å². The molecule has 1 aliphatic rings. The Balaban J connectivity index is 2.28. The van der Waals surface area contributed by atoms with Gasteiger partial charge in [-0.2, -0.15) is 4.31 Å². The zero-order valence-corrected chi connectivity index (χ0v) is 8.65. The van der Waals surface area contributed by atoms with Gasteiger partial charge in [-0.1, -0.05) is 18.2 Å². The lowest BCUT2D eigenvalue weighted by Crippen LogP contribution is -2.24. The summed E-state index contributed by atoms with van der Waals surface area (Å²) in [7, 11) is -3.53. The third-order valence-corrected chi connectivity index (χ3v) is 4.13. The fraction of sp³-hybridized carbons (Fsp3) is 0.222. The number of sulfonamides is 1. The molecule has 2 N–H and O–H groups in total. The maximum Gasteiger partial charge on any atom is 0.243 e. The summed E-state index contributed by atoms with van der Waals surface area (Å²) in [5, 5.41) is 0. The molecule has 2 rings (SSSR count). The summed E-state index contributed by atoms with van der Waals surface area (Å²) in [6.07, 6.45) is 0. The molecule has 0 radical (unpaired) electrons. The van der Waals surface area contributed by atoms with Crippen molar-refractivity contribution >= 4 is 15.9 Å². The predicted molar refractivity (Wildman–Crippen MR) is 53.3 cm³/mol. The Bertz CT molecular complexity index is 483. The predicted octanol–water partition coefficient (Wildman–Crippen LogP) is -0.455. The minimum atomic E-state index is -3.53. The zero-order valence-electron chi connectivity index (χ0n) is 7.83. The van der Waals surface area contributed by atoms with Crippen LogP contribution in [0.5, 0.6) is 0 Å². The van der Waals surface area contributed by atoms with E-state index in [4.69, 9.17) is 5.73 Å². The van der Waals surface area contributed by atoms with Crippen LogP contribution in [0.1, 0.15) is 0 Å². The molecule has 2 unspecified atom stereocenters. The van der Waals surface area contributed by atoms with Gasteiger partial charge in [0.25, 0.3) is 0 Å². The third kappa shape index (κ3) is 1.73. The lowest BCUT2D eigenvalue weighted by Gasteiger charge is -2.04. The van der Waals surface area contributed by atoms with Crippen molar-refractivity contribution < 1.29 is 13.2 Å². The topological polar surface area (TPSA) is 80.2 Å². The van der Waals surface area contributed by atoms with E-state index in [-0.39, 0.29) is 11.4 Å². The van der Waals surface area contributed by atoms with E-state index in [1.807, 2.05) is 0 Å². The summed E-state index contributed by atoms with van der Waals surface area (Å²) in [5.74, 6) is -0.602. The van der Waals surface area contributed by atoms with Gasteiger partial charge in [0.05, 0.1) is 4.90 Å². The lowest BCUT2D eigenvalue weighted by molar-refractivity contribution is -0.117. The van der Waals surface area contributed by atoms with Gasteiger partial charge in [0.2, 0.25) is 15.9 Å². The van der Waals surface area contributed by atoms with Crippen LogP contribution in [0.3, 0.4) is 0 Å². The summed E-state index contributed by atoms with van der Waals surface area (Å²) in [5.41, 5.74) is 5.02. The number of rotatable bonds is 3. The molecule has 5 nitrogen and oxygen atoms in total. The van der Waals surface area contributed by atoms with Gasteiger partial charge in [-0.05, 0) is 12.1 Å². The molecule has 2 atom stereocenters. The lowest BCUT2D eigenvalue weighted by atomic mass is 10.4. The molecule has 0 saturated carbocycles. The van der Waals surface area contributed by atoms with Gasteiger partial charge < -0.3 is 5.73 Å². The van der Waals surface area contributed by atoms with Crippen molar-refractivity contribution in [1.29, 1.82) is 0 Å². The number of amides is 1. The molecule has 0 aromatic heterocycles. The van der Waals surface area contributed by atoms with Gasteiger partial charge in [-0.3, -0.25) is 4.79 Å².